The average Bonchev–Trinajstić information content (AvgIpc) is 3.53. The van der Waals surface area contributed by atoms with Crippen LogP contribution in [0.5, 0.6) is 11.5 Å². The summed E-state index contributed by atoms with van der Waals surface area (Å²) in [6.45, 7) is 8.98. The molecule has 0 aromatic heterocycles. The van der Waals surface area contributed by atoms with E-state index in [2.05, 4.69) is 38.4 Å². The van der Waals surface area contributed by atoms with Crippen molar-refractivity contribution in [2.24, 2.45) is 0 Å². The Morgan fingerprint density at radius 1 is 1.06 bits per heavy atom. The molecular weight excluding hydrogens is 690 g/mol. The van der Waals surface area contributed by atoms with Crippen molar-refractivity contribution in [3.63, 3.8) is 0 Å². The number of rotatable bonds is 11. The number of phenols is 1. The highest BCUT2D eigenvalue weighted by molar-refractivity contribution is 9.10. The molecule has 2 aliphatic rings. The van der Waals surface area contributed by atoms with E-state index in [9.17, 15) is 14.7 Å². The average molecular weight is 737 g/mol. The second-order valence-corrected chi connectivity index (χ2v) is 14.3. The number of nitrogens with one attached hydrogen (secondary N) is 1. The molecule has 2 saturated heterocycles. The van der Waals surface area contributed by atoms with Crippen LogP contribution in [0.2, 0.25) is 0 Å². The number of likely N-dealkylation sites (tertiary alicyclic amines) is 1. The third kappa shape index (κ3) is 10.5. The van der Waals surface area contributed by atoms with Gasteiger partial charge in [0.15, 0.2) is 17.8 Å². The predicted octanol–water partition coefficient (Wildman–Crippen LogP) is 7.43. The van der Waals surface area contributed by atoms with Crippen LogP contribution in [0.1, 0.15) is 63.1 Å². The van der Waals surface area contributed by atoms with Crippen LogP contribution in [0.4, 0.5) is 4.79 Å². The maximum Gasteiger partial charge on any atom is 0.410 e. The molecule has 10 nitrogen and oxygen atoms in total. The van der Waals surface area contributed by atoms with E-state index in [4.69, 9.17) is 19.0 Å². The lowest BCUT2D eigenvalue weighted by Crippen LogP contribution is -2.44. The van der Waals surface area contributed by atoms with Crippen LogP contribution < -0.4 is 10.2 Å². The second kappa shape index (κ2) is 16.7. The summed E-state index contributed by atoms with van der Waals surface area (Å²) in [7, 11) is 1.53. The SMILES string of the molecule is COc1ccc(-c2ccc(CN3CC[C@H](N(Cc4ccc(/C=C/C(=O)NOC5CCCCO5)cc4)C(=O)OC(C)(C)C)C3)cc2Br)cc1O. The molecule has 1 unspecified atom stereocenters. The van der Waals surface area contributed by atoms with Gasteiger partial charge in [-0.3, -0.25) is 14.6 Å². The first-order valence-corrected chi connectivity index (χ1v) is 17.5. The van der Waals surface area contributed by atoms with Gasteiger partial charge in [0.1, 0.15) is 5.60 Å². The minimum atomic E-state index is -0.621. The lowest BCUT2D eigenvalue weighted by Gasteiger charge is -2.32. The number of phenolic OH excluding ortho intramolecular Hbond substituents is 1. The number of hydrogen-bond donors (Lipinski definition) is 2. The van der Waals surface area contributed by atoms with Crippen molar-refractivity contribution >= 4 is 34.0 Å². The van der Waals surface area contributed by atoms with Gasteiger partial charge in [0.2, 0.25) is 0 Å². The number of ether oxygens (including phenoxy) is 3. The van der Waals surface area contributed by atoms with Gasteiger partial charge in [0, 0.05) is 55.8 Å². The maximum absolute atomic E-state index is 13.5. The van der Waals surface area contributed by atoms with Crippen LogP contribution in [0.15, 0.2) is 71.2 Å². The molecule has 0 saturated carbocycles. The molecule has 2 amide bonds. The Morgan fingerprint density at radius 2 is 1.84 bits per heavy atom. The lowest BCUT2D eigenvalue weighted by molar-refractivity contribution is -0.198. The maximum atomic E-state index is 13.5. The van der Waals surface area contributed by atoms with Gasteiger partial charge in [-0.1, -0.05) is 58.4 Å². The van der Waals surface area contributed by atoms with E-state index >= 15 is 0 Å². The monoisotopic (exact) mass is 735 g/mol. The lowest BCUT2D eigenvalue weighted by atomic mass is 10.0. The highest BCUT2D eigenvalue weighted by Crippen LogP contribution is 2.35. The summed E-state index contributed by atoms with van der Waals surface area (Å²) in [5.74, 6) is 0.168. The van der Waals surface area contributed by atoms with Crippen LogP contribution in [0.25, 0.3) is 17.2 Å². The zero-order valence-electron chi connectivity index (χ0n) is 28.6. The molecule has 2 heterocycles. The van der Waals surface area contributed by atoms with Crippen LogP contribution >= 0.6 is 15.9 Å². The number of amides is 2. The molecule has 2 N–H and O–H groups in total. The summed E-state index contributed by atoms with van der Waals surface area (Å²) in [4.78, 5) is 35.2. The van der Waals surface area contributed by atoms with E-state index in [0.717, 1.165) is 77.6 Å². The Kier molecular flexibility index (Phi) is 12.4. The van der Waals surface area contributed by atoms with Gasteiger partial charge in [-0.15, -0.1) is 0 Å². The molecule has 5 rings (SSSR count). The number of hydrogen-bond acceptors (Lipinski definition) is 8. The molecule has 2 aliphatic heterocycles. The molecule has 0 radical (unpaired) electrons. The molecule has 0 spiro atoms. The normalized spacial score (nSPS) is 18.4. The quantitative estimate of drug-likeness (QED) is 0.155. The summed E-state index contributed by atoms with van der Waals surface area (Å²) in [5.41, 5.74) is 6.63. The number of carbonyl (C=O) groups excluding carboxylic acids is 2. The number of benzene rings is 3. The molecule has 262 valence electrons. The zero-order chi connectivity index (χ0) is 35.0. The smallest absolute Gasteiger partial charge is 0.410 e. The summed E-state index contributed by atoms with van der Waals surface area (Å²) < 4.78 is 17.4. The molecule has 3 aromatic rings. The van der Waals surface area contributed by atoms with Crippen LogP contribution in [-0.4, -0.2) is 71.6 Å². The first-order valence-electron chi connectivity index (χ1n) is 16.7. The third-order valence-corrected chi connectivity index (χ3v) is 9.09. The number of halogens is 1. The Hall–Kier alpha value is -3.90. The molecular formula is C38H46BrN3O7. The number of methoxy groups -OCH3 is 1. The van der Waals surface area contributed by atoms with E-state index in [1.165, 1.54) is 13.2 Å². The van der Waals surface area contributed by atoms with E-state index in [-0.39, 0.29) is 23.8 Å². The Balaban J connectivity index is 1.20. The van der Waals surface area contributed by atoms with Crippen molar-refractivity contribution in [3.8, 4) is 22.6 Å². The first kappa shape index (κ1) is 36.4. The van der Waals surface area contributed by atoms with Crippen LogP contribution in [0.3, 0.4) is 0 Å². The second-order valence-electron chi connectivity index (χ2n) is 13.4. The zero-order valence-corrected chi connectivity index (χ0v) is 30.2. The van der Waals surface area contributed by atoms with Gasteiger partial charge in [-0.25, -0.2) is 15.1 Å². The van der Waals surface area contributed by atoms with Crippen molar-refractivity contribution in [2.45, 2.75) is 77.5 Å². The van der Waals surface area contributed by atoms with Crippen molar-refractivity contribution in [1.29, 1.82) is 0 Å². The van der Waals surface area contributed by atoms with Crippen LogP contribution in [-0.2, 0) is 32.2 Å². The van der Waals surface area contributed by atoms with E-state index < -0.39 is 11.9 Å². The number of nitrogens with zero attached hydrogens (tertiary/aromatic N) is 2. The van der Waals surface area contributed by atoms with Gasteiger partial charge in [-0.2, -0.15) is 0 Å². The predicted molar refractivity (Wildman–Crippen MR) is 192 cm³/mol. The first-order chi connectivity index (χ1) is 23.5. The molecule has 49 heavy (non-hydrogen) atoms. The molecule has 2 atom stereocenters. The summed E-state index contributed by atoms with van der Waals surface area (Å²) in [6.07, 6.45) is 6.01. The molecule has 0 aliphatic carbocycles. The highest BCUT2D eigenvalue weighted by Gasteiger charge is 2.33. The van der Waals surface area contributed by atoms with Crippen molar-refractivity contribution in [2.75, 3.05) is 26.8 Å². The fourth-order valence-electron chi connectivity index (χ4n) is 5.95. The van der Waals surface area contributed by atoms with Gasteiger partial charge < -0.3 is 19.3 Å². The number of hydroxylamine groups is 1. The summed E-state index contributed by atoms with van der Waals surface area (Å²) in [5, 5.41) is 10.2. The third-order valence-electron chi connectivity index (χ3n) is 8.43. The molecule has 3 aromatic carbocycles. The van der Waals surface area contributed by atoms with E-state index in [1.807, 2.05) is 62.1 Å². The van der Waals surface area contributed by atoms with Crippen molar-refractivity contribution in [1.82, 2.24) is 15.3 Å². The Bertz CT molecular complexity index is 1620. The minimum absolute atomic E-state index is 0.0174. The van der Waals surface area contributed by atoms with Gasteiger partial charge >= 0.3 is 6.09 Å². The standard InChI is InChI=1S/C38H46BrN3O7/c1-38(2,3)48-37(45)42(24-27-10-8-26(9-11-27)13-17-35(44)40-49-36-7-5-6-20-47-36)30-18-19-41(25-30)23-28-12-15-31(32(39)21-28)29-14-16-34(46-4)33(43)22-29/h8-17,21-22,30,36,43H,5-7,18-20,23-25H2,1-4H3,(H,40,44)/b17-13+/t30-,36?/m0/s1. The highest BCUT2D eigenvalue weighted by atomic mass is 79.9. The van der Waals surface area contributed by atoms with Gasteiger partial charge in [0.25, 0.3) is 5.91 Å². The number of carbonyl (C=O) groups is 2. The van der Waals surface area contributed by atoms with Gasteiger partial charge in [0.05, 0.1) is 7.11 Å². The molecule has 2 fully saturated rings. The summed E-state index contributed by atoms with van der Waals surface area (Å²) in [6, 6.07) is 19.4. The fraction of sp³-hybridized carbons (Fsp3) is 0.421. The summed E-state index contributed by atoms with van der Waals surface area (Å²) >= 11 is 3.72. The Labute approximate surface area is 297 Å². The number of aromatic hydroxyl groups is 1. The molecule has 0 bridgehead atoms. The molecule has 11 heteroatoms. The largest absolute Gasteiger partial charge is 0.504 e. The van der Waals surface area contributed by atoms with Crippen LogP contribution in [0, 0.1) is 0 Å². The topological polar surface area (TPSA) is 110 Å². The van der Waals surface area contributed by atoms with Gasteiger partial charge in [-0.05, 0) is 92.1 Å². The Morgan fingerprint density at radius 3 is 2.51 bits per heavy atom. The fourth-order valence-corrected chi connectivity index (χ4v) is 6.60. The van der Waals surface area contributed by atoms with E-state index in [1.54, 1.807) is 18.2 Å². The van der Waals surface area contributed by atoms with Crippen molar-refractivity contribution < 1.29 is 33.7 Å². The minimum Gasteiger partial charge on any atom is -0.504 e. The van der Waals surface area contributed by atoms with Crippen molar-refractivity contribution in [3.05, 3.63) is 87.9 Å². The van der Waals surface area contributed by atoms with E-state index in [0.29, 0.717) is 18.9 Å².